The van der Waals surface area contributed by atoms with Crippen LogP contribution in [0.3, 0.4) is 0 Å². The second-order valence-electron chi connectivity index (χ2n) is 10.9. The standard InChI is InChI=1S/C28H34F3NO3/c1-16-3-10-23(11-4-16)35-25-12-7-18-5-6-19(15-24(18)26(25)28(29,30)31)17(2)32-21-8-9-22(32)14-20(13-21)27(33)34/h5-7,12,15-17,20-23H,3-4,8-11,13-14H2,1-2H3,(H,33,34)/t16-,17-,20?,21?,22?,23+/m1/s1. The number of rotatable bonds is 5. The largest absolute Gasteiger partial charge is 0.490 e. The van der Waals surface area contributed by atoms with Gasteiger partial charge in [0.25, 0.3) is 0 Å². The number of benzene rings is 2. The predicted octanol–water partition coefficient (Wildman–Crippen LogP) is 7.20. The Bertz CT molecular complexity index is 1080. The van der Waals surface area contributed by atoms with Gasteiger partial charge in [-0.1, -0.05) is 25.1 Å². The molecule has 2 aliphatic heterocycles. The topological polar surface area (TPSA) is 49.8 Å². The minimum absolute atomic E-state index is 0.0725. The van der Waals surface area contributed by atoms with Gasteiger partial charge in [0.1, 0.15) is 11.3 Å². The van der Waals surface area contributed by atoms with Gasteiger partial charge in [0.05, 0.1) is 12.0 Å². The lowest BCUT2D eigenvalue weighted by Gasteiger charge is -2.41. The molecular formula is C28H34F3NO3. The highest BCUT2D eigenvalue weighted by atomic mass is 19.4. The van der Waals surface area contributed by atoms with E-state index in [1.54, 1.807) is 18.2 Å². The number of hydrogen-bond donors (Lipinski definition) is 1. The van der Waals surface area contributed by atoms with E-state index in [-0.39, 0.29) is 41.3 Å². The van der Waals surface area contributed by atoms with Crippen LogP contribution in [0.1, 0.15) is 82.4 Å². The Balaban J connectivity index is 1.47. The van der Waals surface area contributed by atoms with Crippen molar-refractivity contribution >= 4 is 16.7 Å². The third kappa shape index (κ3) is 4.76. The number of fused-ring (bicyclic) bond motifs is 3. The van der Waals surface area contributed by atoms with Gasteiger partial charge in [0.2, 0.25) is 0 Å². The molecule has 2 aromatic carbocycles. The Kier molecular flexibility index (Phi) is 6.49. The third-order valence-corrected chi connectivity index (χ3v) is 8.62. The number of hydrogen-bond acceptors (Lipinski definition) is 3. The van der Waals surface area contributed by atoms with Crippen LogP contribution in [-0.4, -0.2) is 34.2 Å². The SMILES string of the molecule is C[C@H](c1ccc2ccc(O[C@H]3CC[C@@H](C)CC3)c(C(F)(F)F)c2c1)N1C2CCC1CC(C(=O)O)C2. The van der Waals surface area contributed by atoms with Gasteiger partial charge < -0.3 is 9.84 Å². The van der Waals surface area contributed by atoms with Crippen molar-refractivity contribution in [2.45, 2.75) is 95.6 Å². The third-order valence-electron chi connectivity index (χ3n) is 8.62. The number of halogens is 3. The molecule has 1 N–H and O–H groups in total. The Morgan fingerprint density at radius 2 is 1.66 bits per heavy atom. The maximum Gasteiger partial charge on any atom is 0.420 e. The zero-order valence-electron chi connectivity index (χ0n) is 20.4. The number of ether oxygens (including phenoxy) is 1. The fraction of sp³-hybridized carbons (Fsp3) is 0.607. The van der Waals surface area contributed by atoms with Gasteiger partial charge >= 0.3 is 12.1 Å². The molecule has 2 heterocycles. The fourth-order valence-corrected chi connectivity index (χ4v) is 6.71. The first-order chi connectivity index (χ1) is 16.6. The molecule has 0 spiro atoms. The van der Waals surface area contributed by atoms with Gasteiger partial charge in [-0.2, -0.15) is 13.2 Å². The van der Waals surface area contributed by atoms with Crippen LogP contribution in [0, 0.1) is 11.8 Å². The molecule has 2 aromatic rings. The van der Waals surface area contributed by atoms with E-state index >= 15 is 0 Å². The van der Waals surface area contributed by atoms with E-state index < -0.39 is 17.7 Å². The van der Waals surface area contributed by atoms with Crippen molar-refractivity contribution in [3.05, 3.63) is 41.5 Å². The number of carbonyl (C=O) groups is 1. The highest BCUT2D eigenvalue weighted by Gasteiger charge is 2.45. The number of carboxylic acid groups (broad SMARTS) is 1. The molecule has 0 radical (unpaired) electrons. The summed E-state index contributed by atoms with van der Waals surface area (Å²) in [5.74, 6) is -0.549. The Hall–Kier alpha value is -2.28. The van der Waals surface area contributed by atoms with Crippen molar-refractivity contribution in [2.75, 3.05) is 0 Å². The van der Waals surface area contributed by atoms with Gasteiger partial charge in [0, 0.05) is 18.1 Å². The first-order valence-electron chi connectivity index (χ1n) is 12.9. The van der Waals surface area contributed by atoms with Crippen molar-refractivity contribution < 1.29 is 27.8 Å². The summed E-state index contributed by atoms with van der Waals surface area (Å²) in [7, 11) is 0. The van der Waals surface area contributed by atoms with Crippen molar-refractivity contribution in [1.29, 1.82) is 0 Å². The molecule has 3 atom stereocenters. The zero-order chi connectivity index (χ0) is 24.9. The lowest BCUT2D eigenvalue weighted by Crippen LogP contribution is -2.45. The molecule has 5 rings (SSSR count). The minimum Gasteiger partial charge on any atom is -0.490 e. The molecule has 3 fully saturated rings. The lowest BCUT2D eigenvalue weighted by atomic mass is 9.88. The summed E-state index contributed by atoms with van der Waals surface area (Å²) in [5, 5.41) is 10.2. The number of piperidine rings is 1. The summed E-state index contributed by atoms with van der Waals surface area (Å²) in [4.78, 5) is 13.9. The number of nitrogens with zero attached hydrogens (tertiary/aromatic N) is 1. The molecule has 2 unspecified atom stereocenters. The van der Waals surface area contributed by atoms with E-state index in [1.807, 2.05) is 13.0 Å². The molecule has 190 valence electrons. The van der Waals surface area contributed by atoms with Crippen LogP contribution in [0.5, 0.6) is 5.75 Å². The number of aliphatic carboxylic acids is 1. The van der Waals surface area contributed by atoms with Crippen molar-refractivity contribution in [1.82, 2.24) is 4.90 Å². The van der Waals surface area contributed by atoms with Crippen LogP contribution >= 0.6 is 0 Å². The second kappa shape index (κ2) is 9.30. The average molecular weight is 490 g/mol. The van der Waals surface area contributed by atoms with E-state index in [0.717, 1.165) is 44.1 Å². The lowest BCUT2D eigenvalue weighted by molar-refractivity contribution is -0.144. The van der Waals surface area contributed by atoms with E-state index in [2.05, 4.69) is 11.8 Å². The van der Waals surface area contributed by atoms with Gasteiger partial charge in [-0.15, -0.1) is 0 Å². The Morgan fingerprint density at radius 1 is 1.03 bits per heavy atom. The van der Waals surface area contributed by atoms with Crippen LogP contribution in [0.2, 0.25) is 0 Å². The van der Waals surface area contributed by atoms with Crippen molar-refractivity contribution in [3.63, 3.8) is 0 Å². The molecule has 1 saturated carbocycles. The van der Waals surface area contributed by atoms with Gasteiger partial charge in [0.15, 0.2) is 0 Å². The predicted molar refractivity (Wildman–Crippen MR) is 128 cm³/mol. The Morgan fingerprint density at radius 3 is 2.26 bits per heavy atom. The molecule has 7 heteroatoms. The summed E-state index contributed by atoms with van der Waals surface area (Å²) in [6, 6.07) is 8.80. The van der Waals surface area contributed by atoms with Gasteiger partial charge in [-0.3, -0.25) is 9.69 Å². The van der Waals surface area contributed by atoms with Crippen molar-refractivity contribution in [3.8, 4) is 5.75 Å². The summed E-state index contributed by atoms with van der Waals surface area (Å²) < 4.78 is 49.1. The van der Waals surface area contributed by atoms with E-state index in [0.29, 0.717) is 24.1 Å². The summed E-state index contributed by atoms with van der Waals surface area (Å²) in [5.41, 5.74) is 0.146. The first-order valence-corrected chi connectivity index (χ1v) is 12.9. The van der Waals surface area contributed by atoms with Crippen LogP contribution in [-0.2, 0) is 11.0 Å². The zero-order valence-corrected chi connectivity index (χ0v) is 20.4. The highest BCUT2D eigenvalue weighted by Crippen LogP contribution is 2.46. The van der Waals surface area contributed by atoms with Gasteiger partial charge in [-0.25, -0.2) is 0 Å². The second-order valence-corrected chi connectivity index (χ2v) is 10.9. The maximum absolute atomic E-state index is 14.4. The maximum atomic E-state index is 14.4. The molecule has 0 amide bonds. The van der Waals surface area contributed by atoms with Crippen LogP contribution in [0.4, 0.5) is 13.2 Å². The summed E-state index contributed by atoms with van der Waals surface area (Å²) in [6.07, 6.45) is 1.90. The quantitative estimate of drug-likeness (QED) is 0.482. The smallest absolute Gasteiger partial charge is 0.420 e. The molecular weight excluding hydrogens is 455 g/mol. The summed E-state index contributed by atoms with van der Waals surface area (Å²) >= 11 is 0. The van der Waals surface area contributed by atoms with E-state index in [1.165, 1.54) is 6.07 Å². The Labute approximate surface area is 204 Å². The molecule has 4 nitrogen and oxygen atoms in total. The van der Waals surface area contributed by atoms with Crippen LogP contribution < -0.4 is 4.74 Å². The van der Waals surface area contributed by atoms with Gasteiger partial charge in [-0.05, 0) is 92.7 Å². The first kappa shape index (κ1) is 24.4. The molecule has 0 aromatic heterocycles. The van der Waals surface area contributed by atoms with Crippen molar-refractivity contribution in [2.24, 2.45) is 11.8 Å². The molecule has 35 heavy (non-hydrogen) atoms. The minimum atomic E-state index is -4.53. The summed E-state index contributed by atoms with van der Waals surface area (Å²) in [6.45, 7) is 4.21. The molecule has 3 aliphatic rings. The molecule has 1 aliphatic carbocycles. The highest BCUT2D eigenvalue weighted by molar-refractivity contribution is 5.89. The normalized spacial score (nSPS) is 30.4. The number of alkyl halides is 3. The fourth-order valence-electron chi connectivity index (χ4n) is 6.71. The van der Waals surface area contributed by atoms with Crippen LogP contribution in [0.25, 0.3) is 10.8 Å². The average Bonchev–Trinajstić information content (AvgIpc) is 3.07. The number of carboxylic acids is 1. The molecule has 2 saturated heterocycles. The van der Waals surface area contributed by atoms with E-state index in [4.69, 9.17) is 4.74 Å². The van der Waals surface area contributed by atoms with Crippen LogP contribution in [0.15, 0.2) is 30.3 Å². The molecule has 2 bridgehead atoms. The van der Waals surface area contributed by atoms with E-state index in [9.17, 15) is 23.1 Å². The monoisotopic (exact) mass is 489 g/mol.